The van der Waals surface area contributed by atoms with E-state index in [1.165, 1.54) is 0 Å². The molecule has 174 valence electrons. The lowest BCUT2D eigenvalue weighted by atomic mass is 9.88. The Morgan fingerprint density at radius 1 is 1.30 bits per heavy atom. The van der Waals surface area contributed by atoms with Gasteiger partial charge in [0.2, 0.25) is 0 Å². The highest BCUT2D eigenvalue weighted by Gasteiger charge is 2.33. The summed E-state index contributed by atoms with van der Waals surface area (Å²) in [5, 5.41) is 19.8. The molecule has 3 N–H and O–H groups in total. The van der Waals surface area contributed by atoms with Crippen molar-refractivity contribution >= 4 is 23.3 Å². The fraction of sp³-hybridized carbons (Fsp3) is 0.348. The van der Waals surface area contributed by atoms with Gasteiger partial charge in [-0.1, -0.05) is 16.8 Å². The van der Waals surface area contributed by atoms with E-state index in [1.54, 1.807) is 43.6 Å². The van der Waals surface area contributed by atoms with Gasteiger partial charge in [0.05, 0.1) is 19.0 Å². The van der Waals surface area contributed by atoms with Crippen molar-refractivity contribution in [3.8, 4) is 5.75 Å². The van der Waals surface area contributed by atoms with Gasteiger partial charge >= 0.3 is 6.03 Å². The van der Waals surface area contributed by atoms with Crippen molar-refractivity contribution in [2.24, 2.45) is 0 Å². The van der Waals surface area contributed by atoms with Crippen LogP contribution in [0.3, 0.4) is 0 Å². The molecule has 4 rings (SSSR count). The zero-order valence-corrected chi connectivity index (χ0v) is 19.0. The SMILES string of the molecule is COc1ccc([C@@H]2CN(Cc3cc(CO)on3)CC[C@H]2NC(=O)Nc2ccc(Cl)cc2)nc1. The van der Waals surface area contributed by atoms with Crippen LogP contribution in [0.25, 0.3) is 0 Å². The fourth-order valence-corrected chi connectivity index (χ4v) is 4.10. The predicted octanol–water partition coefficient (Wildman–Crippen LogP) is 3.40. The van der Waals surface area contributed by atoms with Gasteiger partial charge in [-0.15, -0.1) is 0 Å². The summed E-state index contributed by atoms with van der Waals surface area (Å²) in [6.07, 6.45) is 2.42. The molecule has 3 heterocycles. The van der Waals surface area contributed by atoms with E-state index in [4.69, 9.17) is 20.9 Å². The number of carbonyl (C=O) groups is 1. The number of nitrogens with one attached hydrogen (secondary N) is 2. The molecule has 0 spiro atoms. The first-order valence-corrected chi connectivity index (χ1v) is 11.0. The Kier molecular flexibility index (Phi) is 7.43. The molecule has 2 aromatic heterocycles. The van der Waals surface area contributed by atoms with E-state index in [2.05, 4.69) is 25.7 Å². The average Bonchev–Trinajstić information content (AvgIpc) is 3.29. The molecule has 33 heavy (non-hydrogen) atoms. The van der Waals surface area contributed by atoms with Crippen molar-refractivity contribution in [3.05, 3.63) is 70.8 Å². The number of hydrogen-bond acceptors (Lipinski definition) is 7. The monoisotopic (exact) mass is 471 g/mol. The van der Waals surface area contributed by atoms with Crippen LogP contribution in [0.1, 0.15) is 29.5 Å². The third-order valence-electron chi connectivity index (χ3n) is 5.64. The molecule has 0 aliphatic carbocycles. The number of halogens is 1. The van der Waals surface area contributed by atoms with Gasteiger partial charge in [0.15, 0.2) is 5.76 Å². The lowest BCUT2D eigenvalue weighted by molar-refractivity contribution is 0.163. The van der Waals surface area contributed by atoms with Crippen LogP contribution in [0.15, 0.2) is 53.2 Å². The minimum atomic E-state index is -0.279. The lowest BCUT2D eigenvalue weighted by Gasteiger charge is -2.38. The summed E-state index contributed by atoms with van der Waals surface area (Å²) in [7, 11) is 1.60. The number of pyridine rings is 1. The molecule has 1 aliphatic heterocycles. The number of ether oxygens (including phenoxy) is 1. The summed E-state index contributed by atoms with van der Waals surface area (Å²) in [5.41, 5.74) is 2.29. The summed E-state index contributed by atoms with van der Waals surface area (Å²) in [5.74, 6) is 1.08. The maximum absolute atomic E-state index is 12.7. The smallest absolute Gasteiger partial charge is 0.319 e. The number of amides is 2. The normalized spacial score (nSPS) is 18.6. The van der Waals surface area contributed by atoms with Gasteiger partial charge < -0.3 is 25.0 Å². The Morgan fingerprint density at radius 2 is 2.12 bits per heavy atom. The predicted molar refractivity (Wildman–Crippen MR) is 123 cm³/mol. The van der Waals surface area contributed by atoms with E-state index in [9.17, 15) is 9.90 Å². The number of aliphatic hydroxyl groups excluding tert-OH is 1. The van der Waals surface area contributed by atoms with Crippen molar-refractivity contribution < 1.29 is 19.2 Å². The number of urea groups is 1. The van der Waals surface area contributed by atoms with Crippen LogP contribution >= 0.6 is 11.6 Å². The summed E-state index contributed by atoms with van der Waals surface area (Å²) >= 11 is 5.92. The van der Waals surface area contributed by atoms with Gasteiger partial charge in [-0.05, 0) is 42.8 Å². The molecule has 0 unspecified atom stereocenters. The van der Waals surface area contributed by atoms with Crippen molar-refractivity contribution in [2.75, 3.05) is 25.5 Å². The number of likely N-dealkylation sites (tertiary alicyclic amines) is 1. The second-order valence-electron chi connectivity index (χ2n) is 7.91. The quantitative estimate of drug-likeness (QED) is 0.484. The van der Waals surface area contributed by atoms with E-state index >= 15 is 0 Å². The summed E-state index contributed by atoms with van der Waals surface area (Å²) in [6, 6.07) is 12.1. The molecule has 0 radical (unpaired) electrons. The molecular formula is C23H26ClN5O4. The summed E-state index contributed by atoms with van der Waals surface area (Å²) in [4.78, 5) is 19.5. The lowest BCUT2D eigenvalue weighted by Crippen LogP contribution is -2.50. The Hall–Kier alpha value is -3.14. The molecule has 0 bridgehead atoms. The number of piperidine rings is 1. The van der Waals surface area contributed by atoms with Crippen molar-refractivity contribution in [3.63, 3.8) is 0 Å². The molecule has 1 aromatic carbocycles. The summed E-state index contributed by atoms with van der Waals surface area (Å²) < 4.78 is 10.3. The average molecular weight is 472 g/mol. The zero-order chi connectivity index (χ0) is 23.2. The Bertz CT molecular complexity index is 1060. The first-order valence-electron chi connectivity index (χ1n) is 10.6. The number of methoxy groups -OCH3 is 1. The van der Waals surface area contributed by atoms with Crippen LogP contribution < -0.4 is 15.4 Å². The molecule has 0 saturated carbocycles. The third-order valence-corrected chi connectivity index (χ3v) is 5.89. The Labute approximate surface area is 196 Å². The minimum absolute atomic E-state index is 0.0372. The molecule has 10 heteroatoms. The van der Waals surface area contributed by atoms with Crippen LogP contribution in [-0.4, -0.2) is 52.4 Å². The van der Waals surface area contributed by atoms with E-state index in [0.717, 1.165) is 24.4 Å². The van der Waals surface area contributed by atoms with E-state index < -0.39 is 0 Å². The van der Waals surface area contributed by atoms with Gasteiger partial charge in [-0.25, -0.2) is 4.79 Å². The van der Waals surface area contributed by atoms with Crippen molar-refractivity contribution in [1.82, 2.24) is 20.4 Å². The Balaban J connectivity index is 1.46. The molecule has 1 fully saturated rings. The van der Waals surface area contributed by atoms with Crippen LogP contribution in [0.2, 0.25) is 5.02 Å². The first-order chi connectivity index (χ1) is 16.0. The van der Waals surface area contributed by atoms with Gasteiger partial charge in [0.1, 0.15) is 12.4 Å². The number of hydrogen-bond donors (Lipinski definition) is 3. The molecule has 1 saturated heterocycles. The number of benzene rings is 1. The van der Waals surface area contributed by atoms with E-state index in [1.807, 2.05) is 12.1 Å². The number of aliphatic hydroxyl groups is 1. The summed E-state index contributed by atoms with van der Waals surface area (Å²) in [6.45, 7) is 1.84. The maximum Gasteiger partial charge on any atom is 0.319 e. The van der Waals surface area contributed by atoms with Crippen LogP contribution in [0.5, 0.6) is 5.75 Å². The fourth-order valence-electron chi connectivity index (χ4n) is 3.97. The van der Waals surface area contributed by atoms with Gasteiger partial charge in [-0.3, -0.25) is 9.88 Å². The highest BCUT2D eigenvalue weighted by atomic mass is 35.5. The maximum atomic E-state index is 12.7. The topological polar surface area (TPSA) is 113 Å². The zero-order valence-electron chi connectivity index (χ0n) is 18.2. The molecule has 9 nitrogen and oxygen atoms in total. The van der Waals surface area contributed by atoms with Gasteiger partial charge in [0, 0.05) is 54.1 Å². The number of carbonyl (C=O) groups excluding carboxylic acids is 1. The molecule has 1 aliphatic rings. The van der Waals surface area contributed by atoms with Gasteiger partial charge in [0.25, 0.3) is 0 Å². The standard InChI is InChI=1S/C23H26ClN5O4/c1-32-18-6-7-21(25-11-18)20-13-29(12-17-10-19(14-30)33-28-17)9-8-22(20)27-23(31)26-16-4-2-15(24)3-5-16/h2-7,10-11,20,22,30H,8-9,12-14H2,1H3,(H2,26,27,31)/t20-,22+/m0/s1. The first kappa shape index (κ1) is 23.0. The molecule has 2 amide bonds. The van der Waals surface area contributed by atoms with Crippen LogP contribution in [0.4, 0.5) is 10.5 Å². The minimum Gasteiger partial charge on any atom is -0.495 e. The molecule has 3 aromatic rings. The van der Waals surface area contributed by atoms with Crippen molar-refractivity contribution in [1.29, 1.82) is 0 Å². The van der Waals surface area contributed by atoms with Crippen LogP contribution in [-0.2, 0) is 13.2 Å². The number of aromatic nitrogens is 2. The largest absolute Gasteiger partial charge is 0.495 e. The van der Waals surface area contributed by atoms with Crippen molar-refractivity contribution in [2.45, 2.75) is 31.5 Å². The van der Waals surface area contributed by atoms with E-state index in [-0.39, 0.29) is 24.6 Å². The highest BCUT2D eigenvalue weighted by molar-refractivity contribution is 6.30. The molecule has 2 atom stereocenters. The number of anilines is 1. The van der Waals surface area contributed by atoms with Gasteiger partial charge in [-0.2, -0.15) is 0 Å². The highest BCUT2D eigenvalue weighted by Crippen LogP contribution is 2.28. The second kappa shape index (κ2) is 10.7. The second-order valence-corrected chi connectivity index (χ2v) is 8.34. The number of rotatable bonds is 7. The third kappa shape index (κ3) is 6.01. The number of nitrogens with zero attached hydrogens (tertiary/aromatic N) is 3. The molecular weight excluding hydrogens is 446 g/mol. The van der Waals surface area contributed by atoms with E-state index in [0.29, 0.717) is 35.3 Å². The van der Waals surface area contributed by atoms with Crippen LogP contribution in [0, 0.1) is 0 Å². The Morgan fingerprint density at radius 3 is 2.79 bits per heavy atom.